The van der Waals surface area contributed by atoms with Gasteiger partial charge in [0.05, 0.1) is 12.7 Å². The van der Waals surface area contributed by atoms with Crippen LogP contribution >= 0.6 is 0 Å². The molecule has 0 aliphatic carbocycles. The summed E-state index contributed by atoms with van der Waals surface area (Å²) in [5.41, 5.74) is 5.77. The molecule has 3 unspecified atom stereocenters. The Morgan fingerprint density at radius 2 is 2.29 bits per heavy atom. The topological polar surface area (TPSA) is 38.5 Å². The first-order valence-electron chi connectivity index (χ1n) is 5.74. The largest absolute Gasteiger partial charge is 0.376 e. The Balaban J connectivity index is 2.36. The normalized spacial score (nSPS) is 31.7. The molecular weight excluding hydrogens is 176 g/mol. The van der Waals surface area contributed by atoms with Gasteiger partial charge >= 0.3 is 0 Å². The van der Waals surface area contributed by atoms with E-state index in [1.807, 2.05) is 0 Å². The van der Waals surface area contributed by atoms with Crippen LogP contribution in [-0.2, 0) is 4.74 Å². The van der Waals surface area contributed by atoms with E-state index in [-0.39, 0.29) is 0 Å². The molecule has 0 spiro atoms. The van der Waals surface area contributed by atoms with Gasteiger partial charge < -0.3 is 10.5 Å². The molecule has 0 saturated carbocycles. The standard InChI is InChI=1S/C11H24N2O/c1-4-11-8-14-10(3)7-13(11)6-5-9(2)12/h9-11H,4-8,12H2,1-3H3. The molecule has 1 aliphatic heterocycles. The first-order chi connectivity index (χ1) is 6.63. The third kappa shape index (κ3) is 3.56. The predicted molar refractivity (Wildman–Crippen MR) is 59.3 cm³/mol. The Kier molecular flexibility index (Phi) is 4.85. The van der Waals surface area contributed by atoms with Gasteiger partial charge in [0.1, 0.15) is 0 Å². The third-order valence-corrected chi connectivity index (χ3v) is 2.92. The van der Waals surface area contributed by atoms with Crippen molar-refractivity contribution in [3.05, 3.63) is 0 Å². The molecule has 0 aromatic carbocycles. The fourth-order valence-corrected chi connectivity index (χ4v) is 1.93. The first-order valence-corrected chi connectivity index (χ1v) is 5.74. The minimum absolute atomic E-state index is 0.311. The summed E-state index contributed by atoms with van der Waals surface area (Å²) < 4.78 is 5.65. The quantitative estimate of drug-likeness (QED) is 0.741. The van der Waals surface area contributed by atoms with Crippen molar-refractivity contribution in [2.45, 2.75) is 51.8 Å². The highest BCUT2D eigenvalue weighted by atomic mass is 16.5. The molecule has 0 aromatic heterocycles. The van der Waals surface area contributed by atoms with Crippen molar-refractivity contribution in [1.82, 2.24) is 4.90 Å². The number of nitrogens with zero attached hydrogens (tertiary/aromatic N) is 1. The van der Waals surface area contributed by atoms with Crippen LogP contribution in [0.25, 0.3) is 0 Å². The highest BCUT2D eigenvalue weighted by Crippen LogP contribution is 2.14. The molecular formula is C11H24N2O. The van der Waals surface area contributed by atoms with Gasteiger partial charge in [0.2, 0.25) is 0 Å². The smallest absolute Gasteiger partial charge is 0.0674 e. The second-order valence-electron chi connectivity index (χ2n) is 4.47. The molecule has 0 bridgehead atoms. The summed E-state index contributed by atoms with van der Waals surface area (Å²) in [5, 5.41) is 0. The number of ether oxygens (including phenoxy) is 1. The molecule has 1 heterocycles. The van der Waals surface area contributed by atoms with E-state index in [0.717, 1.165) is 26.1 Å². The fourth-order valence-electron chi connectivity index (χ4n) is 1.93. The van der Waals surface area contributed by atoms with Gasteiger partial charge in [-0.3, -0.25) is 4.90 Å². The molecule has 0 aromatic rings. The van der Waals surface area contributed by atoms with Crippen LogP contribution in [-0.4, -0.2) is 42.8 Å². The summed E-state index contributed by atoms with van der Waals surface area (Å²) in [7, 11) is 0. The van der Waals surface area contributed by atoms with Crippen LogP contribution in [0.2, 0.25) is 0 Å². The van der Waals surface area contributed by atoms with E-state index in [4.69, 9.17) is 10.5 Å². The van der Waals surface area contributed by atoms with E-state index in [1.165, 1.54) is 6.42 Å². The molecule has 1 aliphatic rings. The monoisotopic (exact) mass is 200 g/mol. The summed E-state index contributed by atoms with van der Waals surface area (Å²) >= 11 is 0. The van der Waals surface area contributed by atoms with Gasteiger partial charge in [0.25, 0.3) is 0 Å². The lowest BCUT2D eigenvalue weighted by molar-refractivity contribution is -0.0563. The van der Waals surface area contributed by atoms with Gasteiger partial charge in [-0.1, -0.05) is 6.92 Å². The molecule has 3 atom stereocenters. The number of nitrogens with two attached hydrogens (primary N) is 1. The van der Waals surface area contributed by atoms with Gasteiger partial charge in [-0.2, -0.15) is 0 Å². The Bertz CT molecular complexity index is 161. The molecule has 0 radical (unpaired) electrons. The van der Waals surface area contributed by atoms with Crippen molar-refractivity contribution >= 4 is 0 Å². The van der Waals surface area contributed by atoms with Crippen LogP contribution in [0.1, 0.15) is 33.6 Å². The van der Waals surface area contributed by atoms with Crippen molar-refractivity contribution in [3.63, 3.8) is 0 Å². The highest BCUT2D eigenvalue weighted by Gasteiger charge is 2.24. The van der Waals surface area contributed by atoms with E-state index >= 15 is 0 Å². The van der Waals surface area contributed by atoms with Gasteiger partial charge in [0.15, 0.2) is 0 Å². The third-order valence-electron chi connectivity index (χ3n) is 2.92. The Labute approximate surface area is 87.6 Å². The molecule has 0 amide bonds. The van der Waals surface area contributed by atoms with Gasteiger partial charge in [0, 0.05) is 25.2 Å². The van der Waals surface area contributed by atoms with Crippen LogP contribution in [0.15, 0.2) is 0 Å². The van der Waals surface area contributed by atoms with E-state index in [0.29, 0.717) is 18.2 Å². The molecule has 1 fully saturated rings. The van der Waals surface area contributed by atoms with Crippen LogP contribution in [0.3, 0.4) is 0 Å². The predicted octanol–water partition coefficient (Wildman–Crippen LogP) is 1.22. The lowest BCUT2D eigenvalue weighted by Crippen LogP contribution is -2.49. The second-order valence-corrected chi connectivity index (χ2v) is 4.47. The van der Waals surface area contributed by atoms with Crippen molar-refractivity contribution in [2.24, 2.45) is 5.73 Å². The Morgan fingerprint density at radius 3 is 2.86 bits per heavy atom. The maximum Gasteiger partial charge on any atom is 0.0674 e. The summed E-state index contributed by atoms with van der Waals surface area (Å²) in [6.07, 6.45) is 2.64. The van der Waals surface area contributed by atoms with E-state index in [2.05, 4.69) is 25.7 Å². The number of morpholine rings is 1. The summed E-state index contributed by atoms with van der Waals surface area (Å²) in [6.45, 7) is 9.50. The van der Waals surface area contributed by atoms with Crippen molar-refractivity contribution in [3.8, 4) is 0 Å². The van der Waals surface area contributed by atoms with E-state index in [9.17, 15) is 0 Å². The fraction of sp³-hybridized carbons (Fsp3) is 1.00. The van der Waals surface area contributed by atoms with Gasteiger partial charge in [-0.15, -0.1) is 0 Å². The van der Waals surface area contributed by atoms with Crippen LogP contribution in [0.4, 0.5) is 0 Å². The molecule has 14 heavy (non-hydrogen) atoms. The Morgan fingerprint density at radius 1 is 1.57 bits per heavy atom. The van der Waals surface area contributed by atoms with Crippen LogP contribution < -0.4 is 5.73 Å². The van der Waals surface area contributed by atoms with Crippen molar-refractivity contribution < 1.29 is 4.74 Å². The van der Waals surface area contributed by atoms with Gasteiger partial charge in [-0.05, 0) is 26.7 Å². The summed E-state index contributed by atoms with van der Waals surface area (Å²) in [6, 6.07) is 0.913. The molecule has 3 heteroatoms. The number of hydrogen-bond donors (Lipinski definition) is 1. The van der Waals surface area contributed by atoms with Crippen LogP contribution in [0.5, 0.6) is 0 Å². The van der Waals surface area contributed by atoms with Crippen molar-refractivity contribution in [2.75, 3.05) is 19.7 Å². The number of hydrogen-bond acceptors (Lipinski definition) is 3. The first kappa shape index (κ1) is 12.0. The number of rotatable bonds is 4. The lowest BCUT2D eigenvalue weighted by Gasteiger charge is -2.38. The summed E-state index contributed by atoms with van der Waals surface area (Å²) in [5.74, 6) is 0. The maximum atomic E-state index is 5.77. The maximum absolute atomic E-state index is 5.77. The van der Waals surface area contributed by atoms with Crippen LogP contribution in [0, 0.1) is 0 Å². The second kappa shape index (κ2) is 5.69. The highest BCUT2D eigenvalue weighted by molar-refractivity contribution is 4.78. The van der Waals surface area contributed by atoms with Crippen molar-refractivity contribution in [1.29, 1.82) is 0 Å². The molecule has 84 valence electrons. The average molecular weight is 200 g/mol. The lowest BCUT2D eigenvalue weighted by atomic mass is 10.1. The molecule has 1 saturated heterocycles. The zero-order chi connectivity index (χ0) is 10.6. The SMILES string of the molecule is CCC1COC(C)CN1CCC(C)N. The molecule has 3 nitrogen and oxygen atoms in total. The summed E-state index contributed by atoms with van der Waals surface area (Å²) in [4.78, 5) is 2.53. The Hall–Kier alpha value is -0.120. The zero-order valence-electron chi connectivity index (χ0n) is 9.70. The molecule has 2 N–H and O–H groups in total. The minimum atomic E-state index is 0.311. The van der Waals surface area contributed by atoms with E-state index < -0.39 is 0 Å². The average Bonchev–Trinajstić information content (AvgIpc) is 2.15. The minimum Gasteiger partial charge on any atom is -0.376 e. The van der Waals surface area contributed by atoms with Gasteiger partial charge in [-0.25, -0.2) is 0 Å². The zero-order valence-corrected chi connectivity index (χ0v) is 9.70. The molecule has 1 rings (SSSR count). The van der Waals surface area contributed by atoms with E-state index in [1.54, 1.807) is 0 Å².